The van der Waals surface area contributed by atoms with Crippen LogP contribution in [0.3, 0.4) is 0 Å². The molecule has 1 amide bonds. The predicted molar refractivity (Wildman–Crippen MR) is 443 cm³/mol. The molecule has 0 aliphatic carbocycles. The number of ether oxygens (including phenoxy) is 4. The molecule has 109 heavy (non-hydrogen) atoms. The summed E-state index contributed by atoms with van der Waals surface area (Å²) in [6.07, 6.45) is 17.5. The number of unbranched alkanes of at least 4 members (excludes halogenated alkanes) is 4. The molecule has 0 aliphatic rings. The predicted octanol–water partition coefficient (Wildman–Crippen LogP) is 20.9. The zero-order valence-corrected chi connectivity index (χ0v) is 67.0. The van der Waals surface area contributed by atoms with Crippen LogP contribution in [0.25, 0.3) is 45.0 Å². The van der Waals surface area contributed by atoms with Gasteiger partial charge in [0.05, 0.1) is 65.3 Å². The van der Waals surface area contributed by atoms with Crippen molar-refractivity contribution in [2.75, 3.05) is 61.4 Å². The van der Waals surface area contributed by atoms with Gasteiger partial charge in [-0.15, -0.1) is 0 Å². The van der Waals surface area contributed by atoms with Crippen LogP contribution in [0.15, 0.2) is 189 Å². The van der Waals surface area contributed by atoms with E-state index in [1.807, 2.05) is 116 Å². The largest absolute Gasteiger partial charge is 0.491 e. The first-order chi connectivity index (χ1) is 52.8. The lowest BCUT2D eigenvalue weighted by Crippen LogP contribution is -2.19. The Kier molecular flexibility index (Phi) is 33.9. The maximum absolute atomic E-state index is 11.8. The number of nitriles is 1. The van der Waals surface area contributed by atoms with E-state index in [0.29, 0.717) is 40.2 Å². The Bertz CT molecular complexity index is 4510. The topological polar surface area (TPSA) is 217 Å². The Hall–Kier alpha value is -10.6. The van der Waals surface area contributed by atoms with Gasteiger partial charge in [0.15, 0.2) is 0 Å². The highest BCUT2D eigenvalue weighted by Crippen LogP contribution is 2.35. The van der Waals surface area contributed by atoms with Crippen LogP contribution in [0.1, 0.15) is 182 Å². The van der Waals surface area contributed by atoms with E-state index in [4.69, 9.17) is 24.2 Å². The molecule has 0 bridgehead atoms. The van der Waals surface area contributed by atoms with Crippen molar-refractivity contribution < 1.29 is 23.7 Å². The smallest absolute Gasteiger partial charge is 0.251 e. The molecule has 0 unspecified atom stereocenters. The Morgan fingerprint density at radius 2 is 0.761 bits per heavy atom. The Morgan fingerprint density at radius 1 is 0.413 bits per heavy atom. The highest BCUT2D eigenvalue weighted by molar-refractivity contribution is 5.94. The number of aromatic amines is 4. The molecule has 0 saturated carbocycles. The first kappa shape index (κ1) is 84.0. The minimum absolute atomic E-state index is 0.138. The van der Waals surface area contributed by atoms with Gasteiger partial charge in [0, 0.05) is 83.3 Å². The van der Waals surface area contributed by atoms with E-state index >= 15 is 0 Å². The number of hydrogen-bond donors (Lipinski definition) is 5. The molecule has 7 aromatic carbocycles. The lowest BCUT2D eigenvalue weighted by atomic mass is 9.98. The molecular weight excluding hydrogens is 1360 g/mol. The average molecular weight is 1470 g/mol. The average Bonchev–Trinajstić information content (AvgIpc) is 1.84. The lowest BCUT2D eigenvalue weighted by molar-refractivity contribution is 0.0962. The molecule has 5 N–H and O–H groups in total. The summed E-state index contributed by atoms with van der Waals surface area (Å²) >= 11 is 0. The Balaban J connectivity index is 0.000000183. The fraction of sp³-hybridized carbons (Fsp3) is 0.378. The van der Waals surface area contributed by atoms with E-state index in [9.17, 15) is 4.79 Å². The first-order valence-electron chi connectivity index (χ1n) is 38.7. The van der Waals surface area contributed by atoms with Crippen molar-refractivity contribution in [3.05, 3.63) is 233 Å². The van der Waals surface area contributed by atoms with Crippen LogP contribution in [0, 0.1) is 11.3 Å². The molecule has 0 fully saturated rings. The zero-order valence-electron chi connectivity index (χ0n) is 67.0. The minimum Gasteiger partial charge on any atom is -0.491 e. The molecular formula is C90H116N14O5. The van der Waals surface area contributed by atoms with Gasteiger partial charge in [-0.05, 0) is 256 Å². The normalized spacial score (nSPS) is 11.2. The molecule has 19 nitrogen and oxygen atoms in total. The summed E-state index contributed by atoms with van der Waals surface area (Å²) < 4.78 is 23.8. The van der Waals surface area contributed by atoms with Gasteiger partial charge < -0.3 is 43.9 Å². The zero-order chi connectivity index (χ0) is 78.0. The minimum atomic E-state index is -0.138. The SMILES string of the molecule is CCCCN(C)Cc1cn[nH]c1-c1cc(OC(C)C)cc(C(C)C)c1.CCCCN(C)Cc1cn[nH]c1-c1ccc(Oc2cccc(C#N)c2)cc1.CCCCN(C)Cc1cn[nH]c1-c1ccc(Oc2cccc(C(=O)NC)c2)cc1.CCCCN(C)Cc1cn[nH]c1-c1ccc(Oc2cccc(C(C)C)c2)cc1. The number of rotatable bonds is 35. The van der Waals surface area contributed by atoms with Gasteiger partial charge >= 0.3 is 0 Å². The van der Waals surface area contributed by atoms with E-state index in [2.05, 4.69) is 212 Å². The fourth-order valence-electron chi connectivity index (χ4n) is 12.2. The number of nitrogens with zero attached hydrogens (tertiary/aromatic N) is 9. The van der Waals surface area contributed by atoms with Gasteiger partial charge in [-0.2, -0.15) is 25.7 Å². The van der Waals surface area contributed by atoms with Crippen molar-refractivity contribution in [1.82, 2.24) is 65.7 Å². The first-order valence-corrected chi connectivity index (χ1v) is 38.7. The number of carbonyl (C=O) groups is 1. The van der Waals surface area contributed by atoms with Gasteiger partial charge in [0.2, 0.25) is 0 Å². The van der Waals surface area contributed by atoms with Crippen LogP contribution in [-0.4, -0.2) is 134 Å². The maximum Gasteiger partial charge on any atom is 0.251 e. The van der Waals surface area contributed by atoms with Gasteiger partial charge in [0.1, 0.15) is 40.2 Å². The number of nitrogens with one attached hydrogen (secondary N) is 5. The quantitative estimate of drug-likeness (QED) is 0.0250. The van der Waals surface area contributed by atoms with Crippen molar-refractivity contribution in [3.8, 4) is 91.3 Å². The molecule has 0 atom stereocenters. The molecule has 11 aromatic rings. The molecule has 4 aromatic heterocycles. The molecule has 19 heteroatoms. The Labute approximate surface area is 647 Å². The van der Waals surface area contributed by atoms with Crippen molar-refractivity contribution >= 4 is 5.91 Å². The van der Waals surface area contributed by atoms with E-state index in [-0.39, 0.29) is 12.0 Å². The van der Waals surface area contributed by atoms with E-state index in [1.165, 1.54) is 84.7 Å². The van der Waals surface area contributed by atoms with Crippen LogP contribution in [0.5, 0.6) is 40.2 Å². The van der Waals surface area contributed by atoms with Gasteiger partial charge in [0.25, 0.3) is 5.91 Å². The molecule has 11 rings (SSSR count). The number of hydrogen-bond acceptors (Lipinski definition) is 14. The van der Waals surface area contributed by atoms with Gasteiger partial charge in [-0.1, -0.05) is 105 Å². The second kappa shape index (κ2) is 44.0. The number of amides is 1. The van der Waals surface area contributed by atoms with Crippen molar-refractivity contribution in [2.24, 2.45) is 0 Å². The monoisotopic (exact) mass is 1470 g/mol. The highest BCUT2D eigenvalue weighted by atomic mass is 16.5. The second-order valence-electron chi connectivity index (χ2n) is 28.9. The second-order valence-corrected chi connectivity index (χ2v) is 28.9. The summed E-state index contributed by atoms with van der Waals surface area (Å²) in [4.78, 5) is 21.1. The highest BCUT2D eigenvalue weighted by Gasteiger charge is 2.18. The van der Waals surface area contributed by atoms with E-state index in [0.717, 1.165) is 120 Å². The number of carbonyl (C=O) groups excluding carboxylic acids is 1. The van der Waals surface area contributed by atoms with Crippen LogP contribution >= 0.6 is 0 Å². The Morgan fingerprint density at radius 3 is 1.12 bits per heavy atom. The molecule has 4 heterocycles. The van der Waals surface area contributed by atoms with Crippen LogP contribution < -0.4 is 24.3 Å². The van der Waals surface area contributed by atoms with E-state index in [1.54, 1.807) is 37.4 Å². The van der Waals surface area contributed by atoms with Crippen molar-refractivity contribution in [2.45, 2.75) is 165 Å². The third-order valence-corrected chi connectivity index (χ3v) is 18.4. The summed E-state index contributed by atoms with van der Waals surface area (Å²) in [7, 11) is 10.2. The lowest BCUT2D eigenvalue weighted by Gasteiger charge is -2.18. The summed E-state index contributed by atoms with van der Waals surface area (Å²) in [6, 6.07) is 55.2. The molecule has 0 radical (unpaired) electrons. The summed E-state index contributed by atoms with van der Waals surface area (Å²) in [5.74, 6) is 6.16. The van der Waals surface area contributed by atoms with E-state index < -0.39 is 0 Å². The molecule has 0 aliphatic heterocycles. The number of H-pyrrole nitrogens is 4. The van der Waals surface area contributed by atoms with Gasteiger partial charge in [-0.25, -0.2) is 0 Å². The van der Waals surface area contributed by atoms with Crippen molar-refractivity contribution in [3.63, 3.8) is 0 Å². The van der Waals surface area contributed by atoms with Crippen LogP contribution in [0.2, 0.25) is 0 Å². The summed E-state index contributed by atoms with van der Waals surface area (Å²) in [5.41, 5.74) is 17.2. The third-order valence-electron chi connectivity index (χ3n) is 18.4. The standard InChI is InChI=1S/C24H31N3O.C23H28N4O2.C22H24N4O.C21H33N3O/c1-5-6-14-27(4)17-21-16-25-26-24(21)19-10-12-22(13-11-19)28-23-9-7-8-20(15-23)18(2)3;1-4-5-13-27(3)16-19-15-25-26-22(19)17-9-11-20(12-10-17)29-21-8-6-7-18(14-21)23(28)24-2;1-3-4-12-26(2)16-19-15-24-25-22(19)18-8-10-20(11-9-18)27-21-7-5-6-17(13-21)14-23;1-7-8-9-24(6)14-19-13-22-23-21(19)18-10-17(15(2)3)11-20(12-18)25-16(4)5/h7-13,15-16,18H,5-6,14,17H2,1-4H3,(H,25,26);6-12,14-15H,4-5,13,16H2,1-3H3,(H,24,28)(H,25,26);5-11,13,15H,3-4,12,16H2,1-2H3,(H,24,25);10-13,15-16H,7-9,14H2,1-6H3,(H,22,23). The summed E-state index contributed by atoms with van der Waals surface area (Å²) in [5, 5.41) is 41.2. The molecule has 0 spiro atoms. The fourth-order valence-corrected chi connectivity index (χ4v) is 12.2. The van der Waals surface area contributed by atoms with Crippen molar-refractivity contribution in [1.29, 1.82) is 5.26 Å². The van der Waals surface area contributed by atoms with Gasteiger partial charge in [-0.3, -0.25) is 25.2 Å². The van der Waals surface area contributed by atoms with Crippen LogP contribution in [0.4, 0.5) is 0 Å². The maximum atomic E-state index is 11.8. The third kappa shape index (κ3) is 26.9. The number of aromatic nitrogens is 8. The molecule has 576 valence electrons. The summed E-state index contributed by atoms with van der Waals surface area (Å²) in [6.45, 7) is 29.7. The number of benzene rings is 7. The molecule has 0 saturated heterocycles. The van der Waals surface area contributed by atoms with Crippen LogP contribution in [-0.2, 0) is 26.2 Å².